The average molecular weight is 629 g/mol. The number of benzene rings is 2. The summed E-state index contributed by atoms with van der Waals surface area (Å²) >= 11 is 7.74. The summed E-state index contributed by atoms with van der Waals surface area (Å²) in [4.78, 5) is 31.7. The van der Waals surface area contributed by atoms with E-state index in [0.29, 0.717) is 36.5 Å². The maximum atomic E-state index is 16.7. The molecular weight excluding hydrogens is 598 g/mol. The van der Waals surface area contributed by atoms with Crippen LogP contribution in [-0.4, -0.2) is 88.6 Å². The zero-order valence-corrected chi connectivity index (χ0v) is 25.1. The van der Waals surface area contributed by atoms with E-state index in [1.807, 2.05) is 11.9 Å². The first kappa shape index (κ1) is 28.4. The van der Waals surface area contributed by atoms with E-state index in [4.69, 9.17) is 32.8 Å². The van der Waals surface area contributed by atoms with Gasteiger partial charge in [-0.05, 0) is 57.0 Å². The second-order valence-corrected chi connectivity index (χ2v) is 13.0. The molecular formula is C29H31ClF2N8O2S. The zero-order valence-electron chi connectivity index (χ0n) is 23.6. The number of rotatable bonds is 7. The standard InChI is InChI=1S/C29H31ClF2N8O2S/c1-38(15-12-39(13-15)20(41)11-33)26-17-10-18(30)21(16-4-5-19(31)25-24(16)35-27(34)43-25)22(32)23(17)36-28(37-26)42-14-29-6-2-8-40(29)9-3-7-29/h4-5,10,15H,2-3,6-9,11-14,33H2,1H3,(H2,34,35). The van der Waals surface area contributed by atoms with Crippen molar-refractivity contribution in [1.82, 2.24) is 24.8 Å². The fourth-order valence-corrected chi connectivity index (χ4v) is 7.86. The Labute approximate surface area is 255 Å². The van der Waals surface area contributed by atoms with Crippen LogP contribution in [0.1, 0.15) is 25.7 Å². The third-order valence-electron chi connectivity index (χ3n) is 9.18. The topological polar surface area (TPSA) is 127 Å². The molecule has 43 heavy (non-hydrogen) atoms. The number of thiazole rings is 1. The first-order valence-electron chi connectivity index (χ1n) is 14.3. The number of halogens is 3. The number of fused-ring (bicyclic) bond motifs is 3. The molecule has 3 aliphatic rings. The third-order valence-corrected chi connectivity index (χ3v) is 10.4. The summed E-state index contributed by atoms with van der Waals surface area (Å²) in [6, 6.07) is 4.31. The van der Waals surface area contributed by atoms with E-state index in [0.717, 1.165) is 50.1 Å². The highest BCUT2D eigenvalue weighted by molar-refractivity contribution is 7.22. The number of hydrogen-bond donors (Lipinski definition) is 2. The lowest BCUT2D eigenvalue weighted by atomic mass is 9.95. The van der Waals surface area contributed by atoms with E-state index < -0.39 is 11.6 Å². The van der Waals surface area contributed by atoms with Gasteiger partial charge < -0.3 is 26.0 Å². The monoisotopic (exact) mass is 628 g/mol. The van der Waals surface area contributed by atoms with Crippen molar-refractivity contribution in [2.45, 2.75) is 37.3 Å². The van der Waals surface area contributed by atoms with E-state index >= 15 is 4.39 Å². The van der Waals surface area contributed by atoms with Crippen molar-refractivity contribution in [3.8, 4) is 17.1 Å². The van der Waals surface area contributed by atoms with Crippen molar-refractivity contribution >= 4 is 60.9 Å². The van der Waals surface area contributed by atoms with Gasteiger partial charge in [0.25, 0.3) is 0 Å². The minimum Gasteiger partial charge on any atom is -0.461 e. The Balaban J connectivity index is 1.33. The summed E-state index contributed by atoms with van der Waals surface area (Å²) in [5.41, 5.74) is 12.0. The number of aromatic nitrogens is 3. The minimum absolute atomic E-state index is 0.0216. The van der Waals surface area contributed by atoms with Crippen molar-refractivity contribution in [3.05, 3.63) is 34.9 Å². The van der Waals surface area contributed by atoms with Gasteiger partial charge in [0, 0.05) is 36.7 Å². The van der Waals surface area contributed by atoms with Gasteiger partial charge in [-0.3, -0.25) is 9.69 Å². The highest BCUT2D eigenvalue weighted by Gasteiger charge is 2.45. The zero-order chi connectivity index (χ0) is 30.0. The Hall–Kier alpha value is -3.39. The maximum absolute atomic E-state index is 16.7. The second-order valence-electron chi connectivity index (χ2n) is 11.6. The van der Waals surface area contributed by atoms with Gasteiger partial charge in [-0.25, -0.2) is 13.8 Å². The molecule has 0 unspecified atom stereocenters. The molecule has 2 aromatic heterocycles. The largest absolute Gasteiger partial charge is 0.461 e. The van der Waals surface area contributed by atoms with Crippen molar-refractivity contribution in [2.75, 3.05) is 57.0 Å². The van der Waals surface area contributed by atoms with Crippen molar-refractivity contribution in [2.24, 2.45) is 5.73 Å². The molecule has 7 rings (SSSR count). The number of nitrogens with two attached hydrogens (primary N) is 2. The fourth-order valence-electron chi connectivity index (χ4n) is 6.80. The molecule has 0 saturated carbocycles. The number of anilines is 2. The van der Waals surface area contributed by atoms with E-state index in [1.165, 1.54) is 12.1 Å². The molecule has 0 spiro atoms. The third kappa shape index (κ3) is 4.64. The minimum atomic E-state index is -0.695. The summed E-state index contributed by atoms with van der Waals surface area (Å²) in [7, 11) is 1.84. The number of carbonyl (C=O) groups excluding carboxylic acids is 1. The lowest BCUT2D eigenvalue weighted by Crippen LogP contribution is -2.61. The predicted octanol–water partition coefficient (Wildman–Crippen LogP) is 4.03. The number of nitrogens with zero attached hydrogens (tertiary/aromatic N) is 6. The molecule has 1 amide bonds. The van der Waals surface area contributed by atoms with Gasteiger partial charge in [0.05, 0.1) is 33.4 Å². The number of amides is 1. The number of nitrogen functional groups attached to an aromatic ring is 1. The SMILES string of the molecule is CN(c1nc(OCC23CCCN2CCC3)nc2c(F)c(-c3ccc(F)c4sc(N)nc34)c(Cl)cc12)C1CN(C(=O)CN)C1. The number of likely N-dealkylation sites (tertiary alicyclic amines) is 1. The number of hydrogen-bond acceptors (Lipinski definition) is 10. The van der Waals surface area contributed by atoms with Crippen LogP contribution in [0.25, 0.3) is 32.2 Å². The molecule has 10 nitrogen and oxygen atoms in total. The van der Waals surface area contributed by atoms with Crippen LogP contribution in [0.4, 0.5) is 19.7 Å². The number of likely N-dealkylation sites (N-methyl/N-ethyl adjacent to an activating group) is 1. The van der Waals surface area contributed by atoms with Crippen molar-refractivity contribution < 1.29 is 18.3 Å². The van der Waals surface area contributed by atoms with Gasteiger partial charge in [-0.1, -0.05) is 22.9 Å². The van der Waals surface area contributed by atoms with Crippen LogP contribution in [0, 0.1) is 11.6 Å². The van der Waals surface area contributed by atoms with E-state index in [1.54, 1.807) is 11.0 Å². The van der Waals surface area contributed by atoms with Crippen LogP contribution >= 0.6 is 22.9 Å². The maximum Gasteiger partial charge on any atom is 0.319 e. The molecule has 4 N–H and O–H groups in total. The first-order chi connectivity index (χ1) is 20.7. The average Bonchev–Trinajstić information content (AvgIpc) is 3.66. The summed E-state index contributed by atoms with van der Waals surface area (Å²) in [6.45, 7) is 3.34. The predicted molar refractivity (Wildman–Crippen MR) is 164 cm³/mol. The molecule has 5 heterocycles. The molecule has 3 saturated heterocycles. The highest BCUT2D eigenvalue weighted by atomic mass is 35.5. The number of ether oxygens (including phenoxy) is 1. The van der Waals surface area contributed by atoms with Crippen LogP contribution in [-0.2, 0) is 4.79 Å². The quantitative estimate of drug-likeness (QED) is 0.312. The molecule has 0 atom stereocenters. The Kier molecular flexibility index (Phi) is 7.03. The van der Waals surface area contributed by atoms with Gasteiger partial charge in [0.15, 0.2) is 10.9 Å². The van der Waals surface area contributed by atoms with Gasteiger partial charge in [0.1, 0.15) is 23.8 Å². The van der Waals surface area contributed by atoms with Crippen LogP contribution in [0.5, 0.6) is 6.01 Å². The fraction of sp³-hybridized carbons (Fsp3) is 0.448. The molecule has 3 aliphatic heterocycles. The Morgan fingerprint density at radius 3 is 2.65 bits per heavy atom. The Morgan fingerprint density at radius 1 is 1.19 bits per heavy atom. The summed E-state index contributed by atoms with van der Waals surface area (Å²) in [5.74, 6) is -0.891. The normalized spacial score (nSPS) is 18.4. The highest BCUT2D eigenvalue weighted by Crippen LogP contribution is 2.43. The van der Waals surface area contributed by atoms with Gasteiger partial charge in [-0.15, -0.1) is 0 Å². The van der Waals surface area contributed by atoms with Gasteiger partial charge in [0.2, 0.25) is 5.91 Å². The van der Waals surface area contributed by atoms with Crippen LogP contribution in [0.15, 0.2) is 18.2 Å². The van der Waals surface area contributed by atoms with Gasteiger partial charge in [-0.2, -0.15) is 9.97 Å². The van der Waals surface area contributed by atoms with Crippen LogP contribution in [0.3, 0.4) is 0 Å². The molecule has 4 aromatic rings. The van der Waals surface area contributed by atoms with E-state index in [-0.39, 0.29) is 61.5 Å². The summed E-state index contributed by atoms with van der Waals surface area (Å²) in [5, 5.41) is 0.647. The van der Waals surface area contributed by atoms with E-state index in [9.17, 15) is 9.18 Å². The Morgan fingerprint density at radius 2 is 1.93 bits per heavy atom. The number of carbonyl (C=O) groups is 1. The lowest BCUT2D eigenvalue weighted by Gasteiger charge is -2.44. The molecule has 14 heteroatoms. The molecule has 0 aliphatic carbocycles. The first-order valence-corrected chi connectivity index (χ1v) is 15.5. The van der Waals surface area contributed by atoms with E-state index in [2.05, 4.69) is 14.9 Å². The summed E-state index contributed by atoms with van der Waals surface area (Å²) in [6.07, 6.45) is 4.29. The second kappa shape index (κ2) is 10.7. The smallest absolute Gasteiger partial charge is 0.319 e. The van der Waals surface area contributed by atoms with Crippen molar-refractivity contribution in [3.63, 3.8) is 0 Å². The molecule has 226 valence electrons. The van der Waals surface area contributed by atoms with Gasteiger partial charge >= 0.3 is 6.01 Å². The molecule has 2 aromatic carbocycles. The Bertz CT molecular complexity index is 1750. The molecule has 3 fully saturated rings. The van der Waals surface area contributed by atoms with Crippen molar-refractivity contribution in [1.29, 1.82) is 0 Å². The lowest BCUT2D eigenvalue weighted by molar-refractivity contribution is -0.133. The summed E-state index contributed by atoms with van der Waals surface area (Å²) < 4.78 is 37.7. The van der Waals surface area contributed by atoms with Crippen LogP contribution < -0.4 is 21.1 Å². The molecule has 0 radical (unpaired) electrons. The van der Waals surface area contributed by atoms with Crippen LogP contribution in [0.2, 0.25) is 5.02 Å². The molecule has 0 bridgehead atoms.